The number of nitrogen functional groups attached to an aromatic ring is 1. The summed E-state index contributed by atoms with van der Waals surface area (Å²) in [5, 5.41) is 2.50. The fraction of sp³-hybridized carbons (Fsp3) is 0.364. The highest BCUT2D eigenvalue weighted by molar-refractivity contribution is 5.94. The molecule has 0 unspecified atom stereocenters. The molecule has 0 aliphatic rings. The number of carbonyl (C=O) groups excluding carboxylic acids is 2. The molecule has 1 aromatic rings. The molecule has 17 heavy (non-hydrogen) atoms. The molecule has 0 atom stereocenters. The van der Waals surface area contributed by atoms with Gasteiger partial charge in [-0.15, -0.1) is 0 Å². The van der Waals surface area contributed by atoms with Crippen LogP contribution in [-0.4, -0.2) is 41.8 Å². The molecule has 1 heterocycles. The van der Waals surface area contributed by atoms with Crippen molar-refractivity contribution in [2.75, 3.05) is 25.9 Å². The van der Waals surface area contributed by atoms with E-state index in [2.05, 4.69) is 10.3 Å². The standard InChI is InChI=1S/C11H16N4O2/c1-3-15(2)10(16)7-14-11(17)9-5-4-8(12)6-13-9/h4-6H,3,7,12H2,1-2H3,(H,14,17). The van der Waals surface area contributed by atoms with Crippen molar-refractivity contribution in [1.29, 1.82) is 0 Å². The number of amides is 2. The minimum atomic E-state index is -0.386. The van der Waals surface area contributed by atoms with Gasteiger partial charge in [-0.25, -0.2) is 4.98 Å². The van der Waals surface area contributed by atoms with E-state index in [1.807, 2.05) is 6.92 Å². The van der Waals surface area contributed by atoms with Crippen molar-refractivity contribution in [2.24, 2.45) is 0 Å². The van der Waals surface area contributed by atoms with Crippen LogP contribution in [0, 0.1) is 0 Å². The first kappa shape index (κ1) is 13.0. The molecule has 0 radical (unpaired) electrons. The van der Waals surface area contributed by atoms with Gasteiger partial charge in [-0.2, -0.15) is 0 Å². The lowest BCUT2D eigenvalue weighted by Crippen LogP contribution is -2.38. The van der Waals surface area contributed by atoms with Crippen LogP contribution in [-0.2, 0) is 4.79 Å². The van der Waals surface area contributed by atoms with E-state index in [1.165, 1.54) is 17.2 Å². The second-order valence-electron chi connectivity index (χ2n) is 3.57. The molecular formula is C11H16N4O2. The molecule has 92 valence electrons. The van der Waals surface area contributed by atoms with Crippen LogP contribution in [0.4, 0.5) is 5.69 Å². The number of hydrogen-bond donors (Lipinski definition) is 2. The smallest absolute Gasteiger partial charge is 0.270 e. The van der Waals surface area contributed by atoms with E-state index >= 15 is 0 Å². The molecule has 0 bridgehead atoms. The third kappa shape index (κ3) is 3.75. The molecule has 6 heteroatoms. The van der Waals surface area contributed by atoms with Crippen molar-refractivity contribution >= 4 is 17.5 Å². The Bertz CT molecular complexity index is 402. The first-order valence-corrected chi connectivity index (χ1v) is 5.28. The third-order valence-corrected chi connectivity index (χ3v) is 2.32. The molecule has 0 saturated heterocycles. The van der Waals surface area contributed by atoms with Gasteiger partial charge in [0.1, 0.15) is 5.69 Å². The Labute approximate surface area is 99.8 Å². The number of carbonyl (C=O) groups is 2. The Balaban J connectivity index is 2.50. The van der Waals surface area contributed by atoms with Gasteiger partial charge in [-0.05, 0) is 19.1 Å². The van der Waals surface area contributed by atoms with E-state index in [-0.39, 0.29) is 24.1 Å². The van der Waals surface area contributed by atoms with Gasteiger partial charge in [0.25, 0.3) is 5.91 Å². The summed E-state index contributed by atoms with van der Waals surface area (Å²) in [4.78, 5) is 28.4. The number of rotatable bonds is 4. The Hall–Kier alpha value is -2.11. The highest BCUT2D eigenvalue weighted by Gasteiger charge is 2.10. The van der Waals surface area contributed by atoms with Gasteiger partial charge in [0.2, 0.25) is 5.91 Å². The second-order valence-corrected chi connectivity index (χ2v) is 3.57. The molecule has 0 aliphatic heterocycles. The minimum absolute atomic E-state index is 0.0325. The number of anilines is 1. The molecular weight excluding hydrogens is 220 g/mol. The SMILES string of the molecule is CCN(C)C(=O)CNC(=O)c1ccc(N)cn1. The van der Waals surface area contributed by atoms with Crippen LogP contribution < -0.4 is 11.1 Å². The van der Waals surface area contributed by atoms with Crippen LogP contribution in [0.3, 0.4) is 0 Å². The third-order valence-electron chi connectivity index (χ3n) is 2.32. The van der Waals surface area contributed by atoms with Gasteiger partial charge < -0.3 is 16.0 Å². The number of likely N-dealkylation sites (N-methyl/N-ethyl adjacent to an activating group) is 1. The summed E-state index contributed by atoms with van der Waals surface area (Å²) >= 11 is 0. The topological polar surface area (TPSA) is 88.3 Å². The predicted molar refractivity (Wildman–Crippen MR) is 64.3 cm³/mol. The number of nitrogens with two attached hydrogens (primary N) is 1. The Kier molecular flexibility index (Phi) is 4.45. The Morgan fingerprint density at radius 1 is 1.47 bits per heavy atom. The van der Waals surface area contributed by atoms with E-state index in [9.17, 15) is 9.59 Å². The maximum Gasteiger partial charge on any atom is 0.270 e. The lowest BCUT2D eigenvalue weighted by molar-refractivity contribution is -0.128. The van der Waals surface area contributed by atoms with Gasteiger partial charge in [0.05, 0.1) is 18.4 Å². The van der Waals surface area contributed by atoms with Gasteiger partial charge in [0.15, 0.2) is 0 Å². The molecule has 2 amide bonds. The van der Waals surface area contributed by atoms with Crippen molar-refractivity contribution in [3.05, 3.63) is 24.0 Å². The molecule has 0 spiro atoms. The number of nitrogens with one attached hydrogen (secondary N) is 1. The summed E-state index contributed by atoms with van der Waals surface area (Å²) in [6, 6.07) is 3.10. The molecule has 0 saturated carbocycles. The van der Waals surface area contributed by atoms with E-state index in [4.69, 9.17) is 5.73 Å². The maximum atomic E-state index is 11.6. The van der Waals surface area contributed by atoms with Crippen molar-refractivity contribution in [2.45, 2.75) is 6.92 Å². The summed E-state index contributed by atoms with van der Waals surface area (Å²) in [5.74, 6) is -0.529. The van der Waals surface area contributed by atoms with Crippen LogP contribution in [0.1, 0.15) is 17.4 Å². The summed E-state index contributed by atoms with van der Waals surface area (Å²) in [5.41, 5.74) is 6.18. The molecule has 3 N–H and O–H groups in total. The average molecular weight is 236 g/mol. The Morgan fingerprint density at radius 3 is 2.71 bits per heavy atom. The van der Waals surface area contributed by atoms with E-state index in [0.717, 1.165) is 0 Å². The van der Waals surface area contributed by atoms with Crippen LogP contribution >= 0.6 is 0 Å². The largest absolute Gasteiger partial charge is 0.397 e. The van der Waals surface area contributed by atoms with Gasteiger partial charge in [0, 0.05) is 13.6 Å². The highest BCUT2D eigenvalue weighted by atomic mass is 16.2. The van der Waals surface area contributed by atoms with Crippen LogP contribution in [0.5, 0.6) is 0 Å². The normalized spacial score (nSPS) is 9.76. The summed E-state index contributed by atoms with van der Waals surface area (Å²) < 4.78 is 0. The fourth-order valence-corrected chi connectivity index (χ4v) is 1.10. The highest BCUT2D eigenvalue weighted by Crippen LogP contribution is 2.00. The predicted octanol–water partition coefficient (Wildman–Crippen LogP) is -0.128. The zero-order valence-electron chi connectivity index (χ0n) is 9.93. The van der Waals surface area contributed by atoms with Gasteiger partial charge >= 0.3 is 0 Å². The molecule has 0 aromatic carbocycles. The average Bonchev–Trinajstić information content (AvgIpc) is 2.35. The lowest BCUT2D eigenvalue weighted by atomic mass is 10.3. The molecule has 6 nitrogen and oxygen atoms in total. The van der Waals surface area contributed by atoms with Gasteiger partial charge in [-0.3, -0.25) is 9.59 Å². The molecule has 1 rings (SSSR count). The molecule has 1 aromatic heterocycles. The van der Waals surface area contributed by atoms with Crippen molar-refractivity contribution < 1.29 is 9.59 Å². The first-order chi connectivity index (χ1) is 8.04. The van der Waals surface area contributed by atoms with Crippen LogP contribution in [0.15, 0.2) is 18.3 Å². The summed E-state index contributed by atoms with van der Waals surface area (Å²) in [6.45, 7) is 2.44. The quantitative estimate of drug-likeness (QED) is 0.762. The Morgan fingerprint density at radius 2 is 2.18 bits per heavy atom. The number of hydrogen-bond acceptors (Lipinski definition) is 4. The van der Waals surface area contributed by atoms with E-state index in [1.54, 1.807) is 13.1 Å². The van der Waals surface area contributed by atoms with E-state index in [0.29, 0.717) is 12.2 Å². The molecule has 0 aliphatic carbocycles. The molecule has 0 fully saturated rings. The van der Waals surface area contributed by atoms with Gasteiger partial charge in [-0.1, -0.05) is 0 Å². The number of aromatic nitrogens is 1. The zero-order chi connectivity index (χ0) is 12.8. The number of pyridine rings is 1. The van der Waals surface area contributed by atoms with Crippen molar-refractivity contribution in [3.63, 3.8) is 0 Å². The fourth-order valence-electron chi connectivity index (χ4n) is 1.10. The maximum absolute atomic E-state index is 11.6. The number of nitrogens with zero attached hydrogens (tertiary/aromatic N) is 2. The summed E-state index contributed by atoms with van der Waals surface area (Å²) in [6.07, 6.45) is 1.40. The van der Waals surface area contributed by atoms with Crippen molar-refractivity contribution in [1.82, 2.24) is 15.2 Å². The monoisotopic (exact) mass is 236 g/mol. The van der Waals surface area contributed by atoms with Crippen LogP contribution in [0.2, 0.25) is 0 Å². The van der Waals surface area contributed by atoms with Crippen molar-refractivity contribution in [3.8, 4) is 0 Å². The van der Waals surface area contributed by atoms with E-state index < -0.39 is 0 Å². The zero-order valence-corrected chi connectivity index (χ0v) is 9.93. The first-order valence-electron chi connectivity index (χ1n) is 5.28. The minimum Gasteiger partial charge on any atom is -0.397 e. The summed E-state index contributed by atoms with van der Waals surface area (Å²) in [7, 11) is 1.68. The lowest BCUT2D eigenvalue weighted by Gasteiger charge is -2.14. The van der Waals surface area contributed by atoms with Crippen LogP contribution in [0.25, 0.3) is 0 Å². The second kappa shape index (κ2) is 5.83.